The second kappa shape index (κ2) is 8.86. The van der Waals surface area contributed by atoms with E-state index in [1.54, 1.807) is 23.1 Å². The van der Waals surface area contributed by atoms with Gasteiger partial charge in [-0.15, -0.1) is 23.1 Å². The predicted octanol–water partition coefficient (Wildman–Crippen LogP) is 3.94. The Labute approximate surface area is 141 Å². The van der Waals surface area contributed by atoms with E-state index in [1.807, 2.05) is 7.05 Å². The molecule has 1 unspecified atom stereocenters. The molecule has 1 aromatic heterocycles. The molecule has 0 aliphatic rings. The minimum absolute atomic E-state index is 0.486. The zero-order valence-corrected chi connectivity index (χ0v) is 14.9. The maximum Gasteiger partial charge on any atom is 0.191 e. The fourth-order valence-electron chi connectivity index (χ4n) is 2.07. The minimum Gasteiger partial charge on any atom is -0.356 e. The van der Waals surface area contributed by atoms with E-state index in [-0.39, 0.29) is 0 Å². The number of nitrogens with one attached hydrogen (secondary N) is 2. The van der Waals surface area contributed by atoms with Crippen LogP contribution in [0.15, 0.2) is 51.7 Å². The summed E-state index contributed by atoms with van der Waals surface area (Å²) in [6.07, 6.45) is 2.09. The van der Waals surface area contributed by atoms with Crippen LogP contribution in [0.25, 0.3) is 0 Å². The van der Waals surface area contributed by atoms with Gasteiger partial charge < -0.3 is 10.6 Å². The molecule has 0 amide bonds. The summed E-state index contributed by atoms with van der Waals surface area (Å²) in [7, 11) is 1.81. The van der Waals surface area contributed by atoms with Crippen LogP contribution in [-0.4, -0.2) is 25.8 Å². The zero-order chi connectivity index (χ0) is 15.8. The third-order valence-electron chi connectivity index (χ3n) is 3.45. The first-order valence-corrected chi connectivity index (χ1v) is 9.44. The summed E-state index contributed by atoms with van der Waals surface area (Å²) >= 11 is 3.56. The number of rotatable bonds is 6. The molecule has 3 nitrogen and oxygen atoms in total. The van der Waals surface area contributed by atoms with Crippen LogP contribution in [0.3, 0.4) is 0 Å². The standard InChI is InChI=1S/C17H23N3S2/c1-13(16-5-4-10-22-16)11-19-17(18-2)20-12-14-6-8-15(21-3)9-7-14/h4-10,13H,11-12H2,1-3H3,(H2,18,19,20). The summed E-state index contributed by atoms with van der Waals surface area (Å²) < 4.78 is 0. The first kappa shape index (κ1) is 16.9. The van der Waals surface area contributed by atoms with Gasteiger partial charge in [-0.2, -0.15) is 0 Å². The van der Waals surface area contributed by atoms with Crippen molar-refractivity contribution in [3.05, 3.63) is 52.2 Å². The molecule has 118 valence electrons. The summed E-state index contributed by atoms with van der Waals surface area (Å²) in [5.41, 5.74) is 1.26. The van der Waals surface area contributed by atoms with Crippen LogP contribution in [0.5, 0.6) is 0 Å². The normalized spacial score (nSPS) is 13.0. The fraction of sp³-hybridized carbons (Fsp3) is 0.353. The summed E-state index contributed by atoms with van der Waals surface area (Å²) in [6, 6.07) is 12.9. The molecule has 2 aromatic rings. The molecule has 1 heterocycles. The lowest BCUT2D eigenvalue weighted by atomic mass is 10.1. The lowest BCUT2D eigenvalue weighted by molar-refractivity contribution is 0.708. The van der Waals surface area contributed by atoms with E-state index in [0.717, 1.165) is 19.0 Å². The Hall–Kier alpha value is -1.46. The molecule has 1 atom stereocenters. The number of hydrogen-bond acceptors (Lipinski definition) is 3. The number of nitrogens with zero attached hydrogens (tertiary/aromatic N) is 1. The van der Waals surface area contributed by atoms with Crippen molar-refractivity contribution < 1.29 is 0 Å². The van der Waals surface area contributed by atoms with Gasteiger partial charge in [0.1, 0.15) is 0 Å². The molecule has 0 radical (unpaired) electrons. The first-order valence-electron chi connectivity index (χ1n) is 7.33. The van der Waals surface area contributed by atoms with Crippen LogP contribution in [0.1, 0.15) is 23.3 Å². The summed E-state index contributed by atoms with van der Waals surface area (Å²) in [6.45, 7) is 3.89. The smallest absolute Gasteiger partial charge is 0.191 e. The van der Waals surface area contributed by atoms with Gasteiger partial charge in [-0.3, -0.25) is 4.99 Å². The summed E-state index contributed by atoms with van der Waals surface area (Å²) in [5.74, 6) is 1.33. The lowest BCUT2D eigenvalue weighted by Gasteiger charge is -2.15. The molecular formula is C17H23N3S2. The SMILES string of the molecule is CN=C(NCc1ccc(SC)cc1)NCC(C)c1cccs1. The van der Waals surface area contributed by atoms with Crippen molar-refractivity contribution in [3.8, 4) is 0 Å². The van der Waals surface area contributed by atoms with Gasteiger partial charge >= 0.3 is 0 Å². The highest BCUT2D eigenvalue weighted by Gasteiger charge is 2.07. The van der Waals surface area contributed by atoms with Gasteiger partial charge in [0, 0.05) is 35.8 Å². The van der Waals surface area contributed by atoms with Crippen LogP contribution in [0.2, 0.25) is 0 Å². The number of thiophene rings is 1. The summed E-state index contributed by atoms with van der Waals surface area (Å²) in [5, 5.41) is 8.87. The Morgan fingerprint density at radius 1 is 1.23 bits per heavy atom. The van der Waals surface area contributed by atoms with Gasteiger partial charge in [-0.25, -0.2) is 0 Å². The molecule has 0 bridgehead atoms. The predicted molar refractivity (Wildman–Crippen MR) is 99.2 cm³/mol. The zero-order valence-electron chi connectivity index (χ0n) is 13.3. The van der Waals surface area contributed by atoms with Crippen LogP contribution >= 0.6 is 23.1 Å². The molecule has 0 fully saturated rings. The van der Waals surface area contributed by atoms with Gasteiger partial charge in [-0.05, 0) is 35.4 Å². The Kier molecular flexibility index (Phi) is 6.80. The molecule has 0 saturated heterocycles. The van der Waals surface area contributed by atoms with Gasteiger partial charge in [0.25, 0.3) is 0 Å². The third-order valence-corrected chi connectivity index (χ3v) is 5.29. The molecule has 2 rings (SSSR count). The van der Waals surface area contributed by atoms with Gasteiger partial charge in [0.05, 0.1) is 0 Å². The van der Waals surface area contributed by atoms with Crippen molar-refractivity contribution in [3.63, 3.8) is 0 Å². The Morgan fingerprint density at radius 2 is 2.00 bits per heavy atom. The van der Waals surface area contributed by atoms with E-state index >= 15 is 0 Å². The van der Waals surface area contributed by atoms with Crippen LogP contribution in [0.4, 0.5) is 0 Å². The second-order valence-corrected chi connectivity index (χ2v) is 6.93. The minimum atomic E-state index is 0.486. The molecule has 22 heavy (non-hydrogen) atoms. The molecule has 1 aromatic carbocycles. The highest BCUT2D eigenvalue weighted by atomic mass is 32.2. The van der Waals surface area contributed by atoms with E-state index in [9.17, 15) is 0 Å². The number of guanidine groups is 1. The molecule has 0 spiro atoms. The largest absolute Gasteiger partial charge is 0.356 e. The Morgan fingerprint density at radius 3 is 2.59 bits per heavy atom. The van der Waals surface area contributed by atoms with Crippen molar-refractivity contribution >= 4 is 29.1 Å². The first-order chi connectivity index (χ1) is 10.7. The number of thioether (sulfide) groups is 1. The molecule has 0 aliphatic heterocycles. The Balaban J connectivity index is 1.79. The number of hydrogen-bond donors (Lipinski definition) is 2. The maximum atomic E-state index is 4.28. The van der Waals surface area contributed by atoms with Gasteiger partial charge in [0.2, 0.25) is 0 Å². The average Bonchev–Trinajstić information content (AvgIpc) is 3.10. The van der Waals surface area contributed by atoms with Crippen molar-refractivity contribution in [1.82, 2.24) is 10.6 Å². The van der Waals surface area contributed by atoms with Crippen LogP contribution < -0.4 is 10.6 Å². The topological polar surface area (TPSA) is 36.4 Å². The number of aliphatic imine (C=N–C) groups is 1. The molecule has 0 aliphatic carbocycles. The lowest BCUT2D eigenvalue weighted by Crippen LogP contribution is -2.38. The fourth-order valence-corrected chi connectivity index (χ4v) is 3.27. The quantitative estimate of drug-likeness (QED) is 0.477. The van der Waals surface area contributed by atoms with E-state index in [0.29, 0.717) is 5.92 Å². The molecule has 2 N–H and O–H groups in total. The number of benzene rings is 1. The average molecular weight is 334 g/mol. The van der Waals surface area contributed by atoms with Crippen molar-refractivity contribution in [2.45, 2.75) is 24.3 Å². The van der Waals surface area contributed by atoms with Crippen molar-refractivity contribution in [2.24, 2.45) is 4.99 Å². The summed E-state index contributed by atoms with van der Waals surface area (Å²) in [4.78, 5) is 6.97. The monoisotopic (exact) mass is 333 g/mol. The molecule has 0 saturated carbocycles. The van der Waals surface area contributed by atoms with Gasteiger partial charge in [-0.1, -0.05) is 25.1 Å². The highest BCUT2D eigenvalue weighted by molar-refractivity contribution is 7.98. The third kappa shape index (κ3) is 5.07. The molecule has 5 heteroatoms. The van der Waals surface area contributed by atoms with Crippen molar-refractivity contribution in [1.29, 1.82) is 0 Å². The van der Waals surface area contributed by atoms with E-state index in [2.05, 4.69) is 70.6 Å². The maximum absolute atomic E-state index is 4.28. The van der Waals surface area contributed by atoms with Crippen LogP contribution in [-0.2, 0) is 6.54 Å². The van der Waals surface area contributed by atoms with E-state index in [4.69, 9.17) is 0 Å². The van der Waals surface area contributed by atoms with Gasteiger partial charge in [0.15, 0.2) is 5.96 Å². The second-order valence-electron chi connectivity index (χ2n) is 5.07. The van der Waals surface area contributed by atoms with E-state index < -0.39 is 0 Å². The Bertz CT molecular complexity index is 576. The van der Waals surface area contributed by atoms with E-state index in [1.165, 1.54) is 15.3 Å². The molecular weight excluding hydrogens is 310 g/mol. The van der Waals surface area contributed by atoms with Crippen molar-refractivity contribution in [2.75, 3.05) is 19.8 Å². The highest BCUT2D eigenvalue weighted by Crippen LogP contribution is 2.19. The van der Waals surface area contributed by atoms with Crippen LogP contribution in [0, 0.1) is 0 Å².